The van der Waals surface area contributed by atoms with Gasteiger partial charge in [-0.2, -0.15) is 0 Å². The second kappa shape index (κ2) is 4.64. The topological polar surface area (TPSA) is 56.8 Å². The summed E-state index contributed by atoms with van der Waals surface area (Å²) in [6.45, 7) is 1.76. The number of hydrogen-bond donors (Lipinski definition) is 1. The molecule has 0 spiro atoms. The van der Waals surface area contributed by atoms with Crippen molar-refractivity contribution in [1.82, 2.24) is 0 Å². The molecule has 1 aromatic carbocycles. The maximum Gasteiger partial charge on any atom is 0.313 e. The van der Waals surface area contributed by atoms with Crippen LogP contribution in [0.2, 0.25) is 0 Å². The lowest BCUT2D eigenvalue weighted by atomic mass is 10.1. The summed E-state index contributed by atoms with van der Waals surface area (Å²) in [4.78, 5) is 11.6. The SMILES string of the molecule is COC(=O)C1(CNc2ccc3c(c2)OCCO3)CC1. The first-order valence-corrected chi connectivity index (χ1v) is 6.45. The van der Waals surface area contributed by atoms with E-state index < -0.39 is 0 Å². The highest BCUT2D eigenvalue weighted by Gasteiger charge is 2.50. The Morgan fingerprint density at radius 3 is 2.74 bits per heavy atom. The Hall–Kier alpha value is -1.91. The average molecular weight is 263 g/mol. The molecule has 3 rings (SSSR count). The van der Waals surface area contributed by atoms with E-state index in [1.165, 1.54) is 7.11 Å². The maximum atomic E-state index is 11.6. The molecule has 102 valence electrons. The maximum absolute atomic E-state index is 11.6. The lowest BCUT2D eigenvalue weighted by molar-refractivity contribution is -0.146. The summed E-state index contributed by atoms with van der Waals surface area (Å²) in [5.74, 6) is 1.39. The predicted molar refractivity (Wildman–Crippen MR) is 69.6 cm³/mol. The number of nitrogens with one attached hydrogen (secondary N) is 1. The van der Waals surface area contributed by atoms with Crippen molar-refractivity contribution in [1.29, 1.82) is 0 Å². The molecular weight excluding hydrogens is 246 g/mol. The first-order valence-electron chi connectivity index (χ1n) is 6.45. The number of benzene rings is 1. The molecule has 1 fully saturated rings. The smallest absolute Gasteiger partial charge is 0.313 e. The van der Waals surface area contributed by atoms with E-state index >= 15 is 0 Å². The van der Waals surface area contributed by atoms with Crippen LogP contribution in [-0.2, 0) is 9.53 Å². The van der Waals surface area contributed by atoms with Crippen LogP contribution in [0.5, 0.6) is 11.5 Å². The fraction of sp³-hybridized carbons (Fsp3) is 0.500. The third kappa shape index (κ3) is 2.32. The van der Waals surface area contributed by atoms with Crippen LogP contribution in [-0.4, -0.2) is 32.8 Å². The molecule has 1 aliphatic heterocycles. The molecule has 0 saturated heterocycles. The van der Waals surface area contributed by atoms with Crippen molar-refractivity contribution in [3.8, 4) is 11.5 Å². The van der Waals surface area contributed by atoms with Gasteiger partial charge in [0.25, 0.3) is 0 Å². The Morgan fingerprint density at radius 2 is 2.05 bits per heavy atom. The summed E-state index contributed by atoms with van der Waals surface area (Å²) in [5, 5.41) is 3.28. The first kappa shape index (κ1) is 12.1. The van der Waals surface area contributed by atoms with Gasteiger partial charge in [-0.05, 0) is 25.0 Å². The minimum atomic E-state index is -0.331. The van der Waals surface area contributed by atoms with Crippen LogP contribution in [0, 0.1) is 5.41 Å². The molecule has 19 heavy (non-hydrogen) atoms. The molecule has 1 heterocycles. The van der Waals surface area contributed by atoms with Gasteiger partial charge in [-0.3, -0.25) is 4.79 Å². The molecule has 1 saturated carbocycles. The number of esters is 1. The van der Waals surface area contributed by atoms with Crippen molar-refractivity contribution in [2.45, 2.75) is 12.8 Å². The Kier molecular flexibility index (Phi) is 2.97. The molecule has 5 heteroatoms. The van der Waals surface area contributed by atoms with Crippen molar-refractivity contribution >= 4 is 11.7 Å². The molecule has 1 N–H and O–H groups in total. The molecule has 1 aliphatic carbocycles. The number of fused-ring (bicyclic) bond motifs is 1. The quantitative estimate of drug-likeness (QED) is 0.840. The molecule has 0 radical (unpaired) electrons. The van der Waals surface area contributed by atoms with Crippen molar-refractivity contribution in [3.63, 3.8) is 0 Å². The second-order valence-electron chi connectivity index (χ2n) is 4.98. The Morgan fingerprint density at radius 1 is 1.32 bits per heavy atom. The van der Waals surface area contributed by atoms with Gasteiger partial charge in [-0.15, -0.1) is 0 Å². The number of rotatable bonds is 4. The normalized spacial score (nSPS) is 18.6. The fourth-order valence-electron chi connectivity index (χ4n) is 2.25. The number of ether oxygens (including phenoxy) is 3. The van der Waals surface area contributed by atoms with Crippen LogP contribution in [0.25, 0.3) is 0 Å². The van der Waals surface area contributed by atoms with Gasteiger partial charge >= 0.3 is 5.97 Å². The number of anilines is 1. The molecule has 0 aromatic heterocycles. The van der Waals surface area contributed by atoms with Crippen LogP contribution in [0.15, 0.2) is 18.2 Å². The largest absolute Gasteiger partial charge is 0.486 e. The first-order chi connectivity index (χ1) is 9.23. The molecule has 1 aromatic rings. The highest BCUT2D eigenvalue weighted by atomic mass is 16.6. The van der Waals surface area contributed by atoms with Gasteiger partial charge in [-0.1, -0.05) is 0 Å². The van der Waals surface area contributed by atoms with Crippen LogP contribution in [0.1, 0.15) is 12.8 Å². The standard InChI is InChI=1S/C14H17NO4/c1-17-13(16)14(4-5-14)9-15-10-2-3-11-12(8-10)19-7-6-18-11/h2-3,8,15H,4-7,9H2,1H3. The van der Waals surface area contributed by atoms with Crippen LogP contribution < -0.4 is 14.8 Å². The Balaban J connectivity index is 1.66. The third-order valence-corrected chi connectivity index (χ3v) is 3.65. The van der Waals surface area contributed by atoms with E-state index in [4.69, 9.17) is 14.2 Å². The van der Waals surface area contributed by atoms with Gasteiger partial charge in [0.1, 0.15) is 13.2 Å². The van der Waals surface area contributed by atoms with E-state index in [0.29, 0.717) is 19.8 Å². The lowest BCUT2D eigenvalue weighted by Gasteiger charge is -2.20. The third-order valence-electron chi connectivity index (χ3n) is 3.65. The molecule has 2 aliphatic rings. The van der Waals surface area contributed by atoms with Crippen LogP contribution in [0.4, 0.5) is 5.69 Å². The Bertz CT molecular complexity index is 496. The Labute approximate surface area is 111 Å². The fourth-order valence-corrected chi connectivity index (χ4v) is 2.25. The van der Waals surface area contributed by atoms with Crippen molar-refractivity contribution in [2.24, 2.45) is 5.41 Å². The van der Waals surface area contributed by atoms with Crippen molar-refractivity contribution in [3.05, 3.63) is 18.2 Å². The van der Waals surface area contributed by atoms with E-state index in [1.807, 2.05) is 18.2 Å². The molecule has 0 amide bonds. The minimum Gasteiger partial charge on any atom is -0.486 e. The lowest BCUT2D eigenvalue weighted by Crippen LogP contribution is -2.26. The number of hydrogen-bond acceptors (Lipinski definition) is 5. The summed E-state index contributed by atoms with van der Waals surface area (Å²) in [5.41, 5.74) is 0.599. The zero-order valence-electron chi connectivity index (χ0n) is 10.9. The van der Waals surface area contributed by atoms with Gasteiger partial charge in [0.2, 0.25) is 0 Å². The molecule has 0 bridgehead atoms. The van der Waals surface area contributed by atoms with Gasteiger partial charge < -0.3 is 19.5 Å². The summed E-state index contributed by atoms with van der Waals surface area (Å²) in [6, 6.07) is 5.72. The molecule has 0 unspecified atom stereocenters. The molecule has 0 atom stereocenters. The number of carbonyl (C=O) groups is 1. The minimum absolute atomic E-state index is 0.127. The van der Waals surface area contributed by atoms with E-state index in [1.54, 1.807) is 0 Å². The summed E-state index contributed by atoms with van der Waals surface area (Å²) in [7, 11) is 1.44. The van der Waals surface area contributed by atoms with Crippen molar-refractivity contribution in [2.75, 3.05) is 32.2 Å². The molecular formula is C14H17NO4. The highest BCUT2D eigenvalue weighted by molar-refractivity contribution is 5.80. The van der Waals surface area contributed by atoms with Crippen molar-refractivity contribution < 1.29 is 19.0 Å². The average Bonchev–Trinajstić information content (AvgIpc) is 3.25. The van der Waals surface area contributed by atoms with Crippen LogP contribution >= 0.6 is 0 Å². The zero-order chi connectivity index (χ0) is 13.3. The van der Waals surface area contributed by atoms with E-state index in [2.05, 4.69) is 5.32 Å². The highest BCUT2D eigenvalue weighted by Crippen LogP contribution is 2.46. The second-order valence-corrected chi connectivity index (χ2v) is 4.98. The van der Waals surface area contributed by atoms with Gasteiger partial charge in [0.05, 0.1) is 12.5 Å². The van der Waals surface area contributed by atoms with Crippen LogP contribution in [0.3, 0.4) is 0 Å². The van der Waals surface area contributed by atoms with Gasteiger partial charge in [-0.25, -0.2) is 0 Å². The van der Waals surface area contributed by atoms with E-state index in [-0.39, 0.29) is 11.4 Å². The molecule has 5 nitrogen and oxygen atoms in total. The number of methoxy groups -OCH3 is 1. The predicted octanol–water partition coefficient (Wildman–Crippen LogP) is 1.82. The zero-order valence-corrected chi connectivity index (χ0v) is 10.9. The van der Waals surface area contributed by atoms with Gasteiger partial charge in [0, 0.05) is 18.3 Å². The van der Waals surface area contributed by atoms with E-state index in [9.17, 15) is 4.79 Å². The summed E-state index contributed by atoms with van der Waals surface area (Å²) < 4.78 is 15.8. The monoisotopic (exact) mass is 263 g/mol. The van der Waals surface area contributed by atoms with Gasteiger partial charge in [0.15, 0.2) is 11.5 Å². The van der Waals surface area contributed by atoms with E-state index in [0.717, 1.165) is 30.0 Å². The summed E-state index contributed by atoms with van der Waals surface area (Å²) >= 11 is 0. The number of carbonyl (C=O) groups excluding carboxylic acids is 1. The summed E-state index contributed by atoms with van der Waals surface area (Å²) in [6.07, 6.45) is 1.77.